The molecule has 90 valence electrons. The molecular formula is C8H10F3N3O2. The van der Waals surface area contributed by atoms with E-state index in [4.69, 9.17) is 0 Å². The molecule has 0 aliphatic carbocycles. The van der Waals surface area contributed by atoms with Crippen LogP contribution in [0, 0.1) is 6.92 Å². The molecule has 0 saturated heterocycles. The van der Waals surface area contributed by atoms with Crippen LogP contribution in [0.25, 0.3) is 0 Å². The topological polar surface area (TPSA) is 67.0 Å². The molecule has 0 bridgehead atoms. The predicted octanol–water partition coefficient (Wildman–Crippen LogP) is 1.51. The number of alkyl halides is 3. The summed E-state index contributed by atoms with van der Waals surface area (Å²) >= 11 is 0. The first-order chi connectivity index (χ1) is 7.38. The summed E-state index contributed by atoms with van der Waals surface area (Å²) < 4.78 is 39.0. The highest BCUT2D eigenvalue weighted by Gasteiger charge is 2.29. The first-order valence-electron chi connectivity index (χ1n) is 4.35. The number of aryl methyl sites for hydroxylation is 1. The minimum Gasteiger partial charge on any atom is -0.440 e. The Kier molecular flexibility index (Phi) is 3.75. The lowest BCUT2D eigenvalue weighted by Gasteiger charge is -2.08. The zero-order valence-corrected chi connectivity index (χ0v) is 8.39. The number of carbonyl (C=O) groups excluding carboxylic acids is 1. The van der Waals surface area contributed by atoms with E-state index in [9.17, 15) is 18.0 Å². The summed E-state index contributed by atoms with van der Waals surface area (Å²) in [5.41, 5.74) is 1.42. The number of H-pyrrole nitrogens is 1. The second kappa shape index (κ2) is 4.86. The number of alkyl carbamates (subject to hydrolysis) is 1. The molecule has 0 aromatic carbocycles. The molecule has 0 unspecified atom stereocenters. The number of halogens is 3. The van der Waals surface area contributed by atoms with Crippen molar-refractivity contribution in [2.75, 3.05) is 6.61 Å². The minimum absolute atomic E-state index is 0.0685. The van der Waals surface area contributed by atoms with E-state index in [2.05, 4.69) is 20.3 Å². The summed E-state index contributed by atoms with van der Waals surface area (Å²) in [5, 5.41) is 8.49. The van der Waals surface area contributed by atoms with Crippen LogP contribution in [0.5, 0.6) is 0 Å². The second-order valence-electron chi connectivity index (χ2n) is 3.07. The molecule has 1 rings (SSSR count). The highest BCUT2D eigenvalue weighted by molar-refractivity contribution is 5.67. The number of carbonyl (C=O) groups is 1. The van der Waals surface area contributed by atoms with Crippen molar-refractivity contribution in [2.45, 2.75) is 19.6 Å². The molecule has 1 heterocycles. The Labute approximate surface area is 89.0 Å². The Morgan fingerprint density at radius 3 is 2.81 bits per heavy atom. The van der Waals surface area contributed by atoms with Crippen LogP contribution in [-0.2, 0) is 11.3 Å². The van der Waals surface area contributed by atoms with Crippen LogP contribution in [0.1, 0.15) is 11.3 Å². The fraction of sp³-hybridized carbons (Fsp3) is 0.500. The lowest BCUT2D eigenvalue weighted by Crippen LogP contribution is -2.28. The summed E-state index contributed by atoms with van der Waals surface area (Å²) in [6, 6.07) is 0. The molecule has 1 amide bonds. The lowest BCUT2D eigenvalue weighted by atomic mass is 10.3. The molecule has 8 heteroatoms. The second-order valence-corrected chi connectivity index (χ2v) is 3.07. The van der Waals surface area contributed by atoms with Crippen LogP contribution in [-0.4, -0.2) is 29.1 Å². The standard InChI is InChI=1S/C8H10F3N3O2/c1-5-6(3-13-14-5)2-12-7(15)16-4-8(9,10)11/h3H,2,4H2,1H3,(H,12,15)(H,13,14). The molecule has 1 aromatic heterocycles. The molecule has 0 saturated carbocycles. The maximum atomic E-state index is 11.7. The molecule has 0 radical (unpaired) electrons. The molecule has 0 spiro atoms. The first kappa shape index (κ1) is 12.3. The summed E-state index contributed by atoms with van der Waals surface area (Å²) in [7, 11) is 0. The van der Waals surface area contributed by atoms with E-state index in [-0.39, 0.29) is 6.54 Å². The summed E-state index contributed by atoms with van der Waals surface area (Å²) in [6.07, 6.45) is -4.15. The van der Waals surface area contributed by atoms with Crippen molar-refractivity contribution in [1.29, 1.82) is 0 Å². The van der Waals surface area contributed by atoms with Crippen LogP contribution in [0.2, 0.25) is 0 Å². The van der Waals surface area contributed by atoms with Crippen LogP contribution in [0.4, 0.5) is 18.0 Å². The number of nitrogens with one attached hydrogen (secondary N) is 2. The molecule has 2 N–H and O–H groups in total. The average molecular weight is 237 g/mol. The van der Waals surface area contributed by atoms with Gasteiger partial charge in [0.05, 0.1) is 6.20 Å². The Morgan fingerprint density at radius 1 is 1.62 bits per heavy atom. The van der Waals surface area contributed by atoms with Crippen LogP contribution in [0.3, 0.4) is 0 Å². The van der Waals surface area contributed by atoms with E-state index in [1.165, 1.54) is 6.20 Å². The number of ether oxygens (including phenoxy) is 1. The zero-order chi connectivity index (χ0) is 12.2. The normalized spacial score (nSPS) is 11.2. The number of aromatic amines is 1. The average Bonchev–Trinajstić information content (AvgIpc) is 2.57. The van der Waals surface area contributed by atoms with Crippen molar-refractivity contribution in [3.8, 4) is 0 Å². The largest absolute Gasteiger partial charge is 0.440 e. The number of rotatable bonds is 3. The van der Waals surface area contributed by atoms with Gasteiger partial charge in [0.15, 0.2) is 6.61 Å². The van der Waals surface area contributed by atoms with E-state index in [0.717, 1.165) is 5.69 Å². The molecule has 0 atom stereocenters. The smallest absolute Gasteiger partial charge is 0.422 e. The fourth-order valence-electron chi connectivity index (χ4n) is 0.920. The van der Waals surface area contributed by atoms with Crippen LogP contribution < -0.4 is 5.32 Å². The molecule has 16 heavy (non-hydrogen) atoms. The van der Waals surface area contributed by atoms with E-state index in [0.29, 0.717) is 5.56 Å². The zero-order valence-electron chi connectivity index (χ0n) is 8.39. The number of hydrogen-bond donors (Lipinski definition) is 2. The quantitative estimate of drug-likeness (QED) is 0.837. The third kappa shape index (κ3) is 4.20. The van der Waals surface area contributed by atoms with Gasteiger partial charge in [0, 0.05) is 17.8 Å². The summed E-state index contributed by atoms with van der Waals surface area (Å²) in [5.74, 6) is 0. The van der Waals surface area contributed by atoms with E-state index < -0.39 is 18.9 Å². The van der Waals surface area contributed by atoms with Gasteiger partial charge in [-0.2, -0.15) is 18.3 Å². The van der Waals surface area contributed by atoms with Gasteiger partial charge in [0.2, 0.25) is 0 Å². The lowest BCUT2D eigenvalue weighted by molar-refractivity contribution is -0.160. The van der Waals surface area contributed by atoms with E-state index >= 15 is 0 Å². The molecule has 0 aliphatic heterocycles. The molecule has 5 nitrogen and oxygen atoms in total. The van der Waals surface area contributed by atoms with Crippen molar-refractivity contribution in [2.24, 2.45) is 0 Å². The van der Waals surface area contributed by atoms with Crippen molar-refractivity contribution >= 4 is 6.09 Å². The third-order valence-electron chi connectivity index (χ3n) is 1.72. The van der Waals surface area contributed by atoms with Crippen molar-refractivity contribution in [1.82, 2.24) is 15.5 Å². The summed E-state index contributed by atoms with van der Waals surface area (Å²) in [6.45, 7) is 0.202. The van der Waals surface area contributed by atoms with Gasteiger partial charge < -0.3 is 10.1 Å². The van der Waals surface area contributed by atoms with Gasteiger partial charge >= 0.3 is 12.3 Å². The maximum Gasteiger partial charge on any atom is 0.422 e. The predicted molar refractivity (Wildman–Crippen MR) is 47.6 cm³/mol. The number of hydrogen-bond acceptors (Lipinski definition) is 3. The van der Waals surface area contributed by atoms with Crippen molar-refractivity contribution in [3.63, 3.8) is 0 Å². The highest BCUT2D eigenvalue weighted by atomic mass is 19.4. The van der Waals surface area contributed by atoms with Crippen LogP contribution in [0.15, 0.2) is 6.20 Å². The van der Waals surface area contributed by atoms with Gasteiger partial charge in [-0.25, -0.2) is 4.79 Å². The molecule has 1 aromatic rings. The SMILES string of the molecule is Cc1[nH]ncc1CNC(=O)OCC(F)(F)F. The highest BCUT2D eigenvalue weighted by Crippen LogP contribution is 2.14. The number of nitrogens with zero attached hydrogens (tertiary/aromatic N) is 1. The van der Waals surface area contributed by atoms with Gasteiger partial charge in [0.25, 0.3) is 0 Å². The molecular weight excluding hydrogens is 227 g/mol. The van der Waals surface area contributed by atoms with Crippen molar-refractivity contribution < 1.29 is 22.7 Å². The first-order valence-corrected chi connectivity index (χ1v) is 4.35. The van der Waals surface area contributed by atoms with Gasteiger partial charge in [-0.1, -0.05) is 0 Å². The maximum absolute atomic E-state index is 11.7. The van der Waals surface area contributed by atoms with Crippen molar-refractivity contribution in [3.05, 3.63) is 17.5 Å². The Balaban J connectivity index is 2.29. The summed E-state index contributed by atoms with van der Waals surface area (Å²) in [4.78, 5) is 10.8. The van der Waals surface area contributed by atoms with E-state index in [1.807, 2.05) is 0 Å². The van der Waals surface area contributed by atoms with Crippen LogP contribution >= 0.6 is 0 Å². The Hall–Kier alpha value is -1.73. The van der Waals surface area contributed by atoms with Gasteiger partial charge in [-0.05, 0) is 6.92 Å². The van der Waals surface area contributed by atoms with Gasteiger partial charge in [-0.3, -0.25) is 5.10 Å². The van der Waals surface area contributed by atoms with Gasteiger partial charge in [0.1, 0.15) is 0 Å². The third-order valence-corrected chi connectivity index (χ3v) is 1.72. The minimum atomic E-state index is -4.51. The number of amides is 1. The fourth-order valence-corrected chi connectivity index (χ4v) is 0.920. The monoisotopic (exact) mass is 237 g/mol. The van der Waals surface area contributed by atoms with Gasteiger partial charge in [-0.15, -0.1) is 0 Å². The Morgan fingerprint density at radius 2 is 2.31 bits per heavy atom. The Bertz CT molecular complexity index is 362. The molecule has 0 fully saturated rings. The number of aromatic nitrogens is 2. The van der Waals surface area contributed by atoms with E-state index in [1.54, 1.807) is 6.92 Å². The molecule has 0 aliphatic rings.